The lowest BCUT2D eigenvalue weighted by Crippen LogP contribution is -2.18. The second kappa shape index (κ2) is 5.18. The minimum absolute atomic E-state index is 0.128. The molecule has 0 spiro atoms. The number of carbonyl (C=O) groups is 1. The van der Waals surface area contributed by atoms with Crippen molar-refractivity contribution in [1.29, 1.82) is 0 Å². The molecule has 0 rings (SSSR count). The molecule has 0 aliphatic rings. The van der Waals surface area contributed by atoms with Crippen LogP contribution in [-0.4, -0.2) is 17.0 Å². The third-order valence-electron chi connectivity index (χ3n) is 1.28. The van der Waals surface area contributed by atoms with Gasteiger partial charge in [0, 0.05) is 6.42 Å². The zero-order valence-corrected chi connectivity index (χ0v) is 6.34. The van der Waals surface area contributed by atoms with Crippen LogP contribution in [0.15, 0.2) is 12.7 Å². The van der Waals surface area contributed by atoms with Crippen molar-refractivity contribution in [2.24, 2.45) is 0 Å². The minimum atomic E-state index is -0.775. The van der Waals surface area contributed by atoms with E-state index in [0.717, 1.165) is 6.42 Å². The van der Waals surface area contributed by atoms with Crippen molar-refractivity contribution >= 4 is 5.78 Å². The molecule has 0 heterocycles. The summed E-state index contributed by atoms with van der Waals surface area (Å²) in [5.41, 5.74) is 0. The molecule has 58 valence electrons. The number of carbonyl (C=O) groups excluding carboxylic acids is 1. The predicted molar refractivity (Wildman–Crippen MR) is 40.7 cm³/mol. The monoisotopic (exact) mass is 142 g/mol. The van der Waals surface area contributed by atoms with Crippen molar-refractivity contribution < 1.29 is 9.90 Å². The van der Waals surface area contributed by atoms with Gasteiger partial charge in [0.05, 0.1) is 0 Å². The number of aliphatic hydroxyl groups excluding tert-OH is 1. The van der Waals surface area contributed by atoms with Crippen LogP contribution in [-0.2, 0) is 4.79 Å². The quantitative estimate of drug-likeness (QED) is 0.587. The van der Waals surface area contributed by atoms with Gasteiger partial charge in [-0.15, -0.1) is 6.58 Å². The summed E-state index contributed by atoms with van der Waals surface area (Å²) in [5.74, 6) is -0.128. The third kappa shape index (κ3) is 3.41. The van der Waals surface area contributed by atoms with E-state index in [1.807, 2.05) is 6.92 Å². The summed E-state index contributed by atoms with van der Waals surface area (Å²) in [6.45, 7) is 5.35. The Morgan fingerprint density at radius 2 is 2.40 bits per heavy atom. The maximum absolute atomic E-state index is 10.8. The first-order valence-electron chi connectivity index (χ1n) is 3.54. The normalized spacial score (nSPS) is 12.6. The maximum atomic E-state index is 10.8. The number of rotatable bonds is 5. The highest BCUT2D eigenvalue weighted by Crippen LogP contribution is 2.00. The fourth-order valence-electron chi connectivity index (χ4n) is 0.713. The van der Waals surface area contributed by atoms with Crippen LogP contribution in [0.2, 0.25) is 0 Å². The largest absolute Gasteiger partial charge is 0.385 e. The maximum Gasteiger partial charge on any atom is 0.164 e. The molecular formula is C8H14O2. The van der Waals surface area contributed by atoms with Gasteiger partial charge < -0.3 is 5.11 Å². The second-order valence-corrected chi connectivity index (χ2v) is 2.26. The van der Waals surface area contributed by atoms with Gasteiger partial charge >= 0.3 is 0 Å². The van der Waals surface area contributed by atoms with Crippen LogP contribution < -0.4 is 0 Å². The molecule has 0 bridgehead atoms. The van der Waals surface area contributed by atoms with Crippen LogP contribution in [0.25, 0.3) is 0 Å². The van der Waals surface area contributed by atoms with Gasteiger partial charge in [-0.25, -0.2) is 0 Å². The number of allylic oxidation sites excluding steroid dienone is 1. The van der Waals surface area contributed by atoms with Crippen molar-refractivity contribution in [3.05, 3.63) is 12.7 Å². The summed E-state index contributed by atoms with van der Waals surface area (Å²) < 4.78 is 0. The summed E-state index contributed by atoms with van der Waals surface area (Å²) in [7, 11) is 0. The van der Waals surface area contributed by atoms with Crippen molar-refractivity contribution in [1.82, 2.24) is 0 Å². The molecule has 0 radical (unpaired) electrons. The Morgan fingerprint density at radius 1 is 1.80 bits per heavy atom. The number of aliphatic hydroxyl groups is 1. The van der Waals surface area contributed by atoms with Gasteiger partial charge in [0.15, 0.2) is 5.78 Å². The van der Waals surface area contributed by atoms with Crippen LogP contribution in [0.1, 0.15) is 26.2 Å². The van der Waals surface area contributed by atoms with Gasteiger partial charge in [-0.3, -0.25) is 4.79 Å². The second-order valence-electron chi connectivity index (χ2n) is 2.26. The number of ketones is 1. The molecule has 2 heteroatoms. The Bertz CT molecular complexity index is 118. The molecule has 0 aliphatic heterocycles. The lowest BCUT2D eigenvalue weighted by Gasteiger charge is -2.04. The van der Waals surface area contributed by atoms with E-state index < -0.39 is 6.10 Å². The SMILES string of the molecule is C=CCC(=O)C(O)CCC. The first kappa shape index (κ1) is 9.37. The zero-order valence-electron chi connectivity index (χ0n) is 6.34. The molecule has 0 amide bonds. The third-order valence-corrected chi connectivity index (χ3v) is 1.28. The van der Waals surface area contributed by atoms with Gasteiger partial charge in [-0.05, 0) is 6.42 Å². The van der Waals surface area contributed by atoms with Gasteiger partial charge in [0.25, 0.3) is 0 Å². The highest BCUT2D eigenvalue weighted by atomic mass is 16.3. The molecular weight excluding hydrogens is 128 g/mol. The Balaban J connectivity index is 3.58. The highest BCUT2D eigenvalue weighted by Gasteiger charge is 2.10. The van der Waals surface area contributed by atoms with Gasteiger partial charge in [0.1, 0.15) is 6.10 Å². The Hall–Kier alpha value is -0.630. The molecule has 0 aliphatic carbocycles. The molecule has 1 unspecified atom stereocenters. The van der Waals surface area contributed by atoms with Crippen LogP contribution in [0.4, 0.5) is 0 Å². The Kier molecular flexibility index (Phi) is 4.85. The minimum Gasteiger partial charge on any atom is -0.385 e. The van der Waals surface area contributed by atoms with Crippen LogP contribution in [0, 0.1) is 0 Å². The molecule has 0 saturated heterocycles. The first-order chi connectivity index (χ1) is 4.72. The van der Waals surface area contributed by atoms with Gasteiger partial charge in [-0.2, -0.15) is 0 Å². The van der Waals surface area contributed by atoms with E-state index in [0.29, 0.717) is 6.42 Å². The average molecular weight is 142 g/mol. The van der Waals surface area contributed by atoms with Crippen LogP contribution in [0.5, 0.6) is 0 Å². The molecule has 1 atom stereocenters. The molecule has 1 N–H and O–H groups in total. The van der Waals surface area contributed by atoms with E-state index in [1.54, 1.807) is 0 Å². The number of hydrogen-bond acceptors (Lipinski definition) is 2. The summed E-state index contributed by atoms with van der Waals surface area (Å²) in [4.78, 5) is 10.8. The molecule has 10 heavy (non-hydrogen) atoms. The van der Waals surface area contributed by atoms with Crippen LogP contribution >= 0.6 is 0 Å². The number of hydrogen-bond donors (Lipinski definition) is 1. The lowest BCUT2D eigenvalue weighted by molar-refractivity contribution is -0.126. The molecule has 0 aromatic heterocycles. The van der Waals surface area contributed by atoms with E-state index in [4.69, 9.17) is 5.11 Å². The summed E-state index contributed by atoms with van der Waals surface area (Å²) >= 11 is 0. The van der Waals surface area contributed by atoms with Gasteiger partial charge in [-0.1, -0.05) is 19.4 Å². The van der Waals surface area contributed by atoms with E-state index in [9.17, 15) is 4.79 Å². The smallest absolute Gasteiger partial charge is 0.164 e. The Morgan fingerprint density at radius 3 is 2.80 bits per heavy atom. The Labute approximate surface area is 61.6 Å². The van der Waals surface area contributed by atoms with Crippen LogP contribution in [0.3, 0.4) is 0 Å². The topological polar surface area (TPSA) is 37.3 Å². The van der Waals surface area contributed by atoms with E-state index in [-0.39, 0.29) is 12.2 Å². The first-order valence-corrected chi connectivity index (χ1v) is 3.54. The fraction of sp³-hybridized carbons (Fsp3) is 0.625. The standard InChI is InChI=1S/C8H14O2/c1-3-5-7(9)8(10)6-4-2/h3,8,10H,1,4-6H2,2H3. The number of Topliss-reactive ketones (excluding diaryl/α,β-unsaturated/α-hetero) is 1. The van der Waals surface area contributed by atoms with E-state index in [2.05, 4.69) is 6.58 Å². The highest BCUT2D eigenvalue weighted by molar-refractivity contribution is 5.83. The molecule has 0 fully saturated rings. The van der Waals surface area contributed by atoms with Crippen molar-refractivity contribution in [3.8, 4) is 0 Å². The zero-order chi connectivity index (χ0) is 7.98. The van der Waals surface area contributed by atoms with Crippen molar-refractivity contribution in [2.75, 3.05) is 0 Å². The van der Waals surface area contributed by atoms with Crippen molar-refractivity contribution in [2.45, 2.75) is 32.3 Å². The van der Waals surface area contributed by atoms with E-state index in [1.165, 1.54) is 6.08 Å². The van der Waals surface area contributed by atoms with E-state index >= 15 is 0 Å². The average Bonchev–Trinajstić information content (AvgIpc) is 1.89. The summed E-state index contributed by atoms with van der Waals surface area (Å²) in [6.07, 6.45) is 2.42. The van der Waals surface area contributed by atoms with Crippen molar-refractivity contribution in [3.63, 3.8) is 0 Å². The van der Waals surface area contributed by atoms with Gasteiger partial charge in [0.2, 0.25) is 0 Å². The summed E-state index contributed by atoms with van der Waals surface area (Å²) in [6, 6.07) is 0. The fourth-order valence-corrected chi connectivity index (χ4v) is 0.713. The molecule has 0 saturated carbocycles. The summed E-state index contributed by atoms with van der Waals surface area (Å²) in [5, 5.41) is 9.05. The predicted octanol–water partition coefficient (Wildman–Crippen LogP) is 1.29. The molecule has 0 aromatic rings. The molecule has 0 aromatic carbocycles. The molecule has 2 nitrogen and oxygen atoms in total. The lowest BCUT2D eigenvalue weighted by atomic mass is 10.1.